The van der Waals surface area contributed by atoms with Crippen molar-refractivity contribution in [3.8, 4) is 6.07 Å². The van der Waals surface area contributed by atoms with E-state index in [0.29, 0.717) is 24.6 Å². The van der Waals surface area contributed by atoms with E-state index in [1.54, 1.807) is 0 Å². The number of hydrogen-bond donors (Lipinski definition) is 1. The molecule has 1 aliphatic rings. The van der Waals surface area contributed by atoms with Crippen molar-refractivity contribution in [2.24, 2.45) is 5.92 Å². The van der Waals surface area contributed by atoms with Crippen molar-refractivity contribution in [3.63, 3.8) is 0 Å². The Morgan fingerprint density at radius 1 is 1.25 bits per heavy atom. The molecular formula is C19H19N3O2. The van der Waals surface area contributed by atoms with Gasteiger partial charge in [-0.25, -0.2) is 0 Å². The van der Waals surface area contributed by atoms with Crippen molar-refractivity contribution in [3.05, 3.63) is 42.5 Å². The second kappa shape index (κ2) is 6.71. The van der Waals surface area contributed by atoms with Gasteiger partial charge in [-0.1, -0.05) is 43.3 Å². The highest BCUT2D eigenvalue weighted by atomic mass is 16.2. The molecular weight excluding hydrogens is 302 g/mol. The predicted molar refractivity (Wildman–Crippen MR) is 92.1 cm³/mol. The maximum absolute atomic E-state index is 12.3. The molecule has 2 aromatic rings. The summed E-state index contributed by atoms with van der Waals surface area (Å²) < 4.78 is 0. The Kier molecular flexibility index (Phi) is 4.48. The topological polar surface area (TPSA) is 73.2 Å². The number of fused-ring (bicyclic) bond motifs is 1. The van der Waals surface area contributed by atoms with Gasteiger partial charge in [0.15, 0.2) is 0 Å². The molecule has 1 saturated heterocycles. The number of likely N-dealkylation sites (tertiary alicyclic amines) is 1. The summed E-state index contributed by atoms with van der Waals surface area (Å²) in [5.41, 5.74) is 0.692. The number of nitrogens with one attached hydrogen (secondary N) is 1. The first-order chi connectivity index (χ1) is 11.6. The Morgan fingerprint density at radius 3 is 2.79 bits per heavy atom. The third-order valence-corrected chi connectivity index (χ3v) is 4.36. The molecule has 2 unspecified atom stereocenters. The Hall–Kier alpha value is -2.87. The molecule has 0 aromatic heterocycles. The lowest BCUT2D eigenvalue weighted by molar-refractivity contribution is -0.134. The molecule has 3 rings (SSSR count). The maximum Gasteiger partial charge on any atom is 0.233 e. The number of anilines is 1. The number of rotatable bonds is 3. The lowest BCUT2D eigenvalue weighted by Crippen LogP contribution is -2.37. The molecule has 5 heteroatoms. The van der Waals surface area contributed by atoms with E-state index < -0.39 is 6.04 Å². The second-order valence-electron chi connectivity index (χ2n) is 6.28. The molecule has 2 aromatic carbocycles. The van der Waals surface area contributed by atoms with E-state index in [4.69, 9.17) is 5.26 Å². The molecule has 2 atom stereocenters. The number of benzene rings is 2. The number of carbonyl (C=O) groups is 2. The van der Waals surface area contributed by atoms with E-state index in [9.17, 15) is 9.59 Å². The molecule has 0 bridgehead atoms. The van der Waals surface area contributed by atoms with Gasteiger partial charge in [0.05, 0.1) is 6.07 Å². The fraction of sp³-hybridized carbons (Fsp3) is 0.316. The van der Waals surface area contributed by atoms with Gasteiger partial charge in [-0.2, -0.15) is 5.26 Å². The lowest BCUT2D eigenvalue weighted by atomic mass is 10.1. The monoisotopic (exact) mass is 321 g/mol. The third-order valence-electron chi connectivity index (χ3n) is 4.36. The highest BCUT2D eigenvalue weighted by Gasteiger charge is 2.33. The largest absolute Gasteiger partial charge is 0.326 e. The van der Waals surface area contributed by atoms with E-state index in [1.807, 2.05) is 49.4 Å². The Balaban J connectivity index is 1.69. The summed E-state index contributed by atoms with van der Waals surface area (Å²) in [6, 6.07) is 15.1. The summed E-state index contributed by atoms with van der Waals surface area (Å²) in [6.07, 6.45) is 0.432. The fourth-order valence-electron chi connectivity index (χ4n) is 3.21. The summed E-state index contributed by atoms with van der Waals surface area (Å²) in [4.78, 5) is 26.1. The van der Waals surface area contributed by atoms with E-state index in [2.05, 4.69) is 11.4 Å². The van der Waals surface area contributed by atoms with E-state index in [1.165, 1.54) is 4.90 Å². The zero-order valence-electron chi connectivity index (χ0n) is 13.5. The van der Waals surface area contributed by atoms with Crippen LogP contribution in [0.3, 0.4) is 0 Å². The SMILES string of the molecule is CC1CC(C#N)N(C(=O)CC(=O)Nc2cccc3ccccc23)C1. The zero-order chi connectivity index (χ0) is 17.1. The van der Waals surface area contributed by atoms with Crippen LogP contribution in [0.2, 0.25) is 0 Å². The van der Waals surface area contributed by atoms with Crippen molar-refractivity contribution in [1.82, 2.24) is 4.90 Å². The summed E-state index contributed by atoms with van der Waals surface area (Å²) >= 11 is 0. The van der Waals surface area contributed by atoms with Crippen LogP contribution in [0.5, 0.6) is 0 Å². The van der Waals surface area contributed by atoms with Crippen LogP contribution in [-0.2, 0) is 9.59 Å². The molecule has 0 aliphatic carbocycles. The molecule has 2 amide bonds. The van der Waals surface area contributed by atoms with Gasteiger partial charge >= 0.3 is 0 Å². The Bertz CT molecular complexity index is 819. The first-order valence-electron chi connectivity index (χ1n) is 8.05. The van der Waals surface area contributed by atoms with Gasteiger partial charge in [0.25, 0.3) is 0 Å². The van der Waals surface area contributed by atoms with Crippen molar-refractivity contribution in [2.75, 3.05) is 11.9 Å². The van der Waals surface area contributed by atoms with Crippen molar-refractivity contribution >= 4 is 28.3 Å². The van der Waals surface area contributed by atoms with Gasteiger partial charge in [0, 0.05) is 17.6 Å². The fourth-order valence-corrected chi connectivity index (χ4v) is 3.21. The maximum atomic E-state index is 12.3. The molecule has 0 saturated carbocycles. The van der Waals surface area contributed by atoms with Gasteiger partial charge in [-0.15, -0.1) is 0 Å². The van der Waals surface area contributed by atoms with Gasteiger partial charge in [-0.3, -0.25) is 9.59 Å². The Morgan fingerprint density at radius 2 is 2.00 bits per heavy atom. The number of nitrogens with zero attached hydrogens (tertiary/aromatic N) is 2. The van der Waals surface area contributed by atoms with Crippen LogP contribution in [0.1, 0.15) is 19.8 Å². The molecule has 122 valence electrons. The summed E-state index contributed by atoms with van der Waals surface area (Å²) in [6.45, 7) is 2.55. The van der Waals surface area contributed by atoms with Gasteiger partial charge in [0.2, 0.25) is 11.8 Å². The number of hydrogen-bond acceptors (Lipinski definition) is 3. The van der Waals surface area contributed by atoms with Crippen LogP contribution in [0.4, 0.5) is 5.69 Å². The molecule has 1 heterocycles. The third kappa shape index (κ3) is 3.23. The smallest absolute Gasteiger partial charge is 0.233 e. The van der Waals surface area contributed by atoms with Crippen LogP contribution in [0, 0.1) is 17.2 Å². The van der Waals surface area contributed by atoms with Crippen LogP contribution in [0.25, 0.3) is 10.8 Å². The molecule has 1 aliphatic heterocycles. The van der Waals surface area contributed by atoms with Gasteiger partial charge < -0.3 is 10.2 Å². The minimum atomic E-state index is -0.419. The van der Waals surface area contributed by atoms with Crippen LogP contribution < -0.4 is 5.32 Å². The normalized spacial score (nSPS) is 19.9. The van der Waals surface area contributed by atoms with E-state index >= 15 is 0 Å². The summed E-state index contributed by atoms with van der Waals surface area (Å²) in [5, 5.41) is 13.9. The van der Waals surface area contributed by atoms with Crippen molar-refractivity contribution in [2.45, 2.75) is 25.8 Å². The molecule has 0 radical (unpaired) electrons. The average Bonchev–Trinajstić information content (AvgIpc) is 2.96. The van der Waals surface area contributed by atoms with Gasteiger partial charge in [-0.05, 0) is 23.8 Å². The molecule has 0 spiro atoms. The summed E-state index contributed by atoms with van der Waals surface area (Å²) in [5.74, 6) is -0.351. The standard InChI is InChI=1S/C19H19N3O2/c1-13-9-15(11-20)22(12-13)19(24)10-18(23)21-17-8-4-6-14-5-2-3-7-16(14)17/h2-8,13,15H,9-10,12H2,1H3,(H,21,23). The minimum absolute atomic E-state index is 0.242. The number of nitriles is 1. The van der Waals surface area contributed by atoms with Crippen molar-refractivity contribution in [1.29, 1.82) is 5.26 Å². The average molecular weight is 321 g/mol. The summed E-state index contributed by atoms with van der Waals surface area (Å²) in [7, 11) is 0. The molecule has 24 heavy (non-hydrogen) atoms. The van der Waals surface area contributed by atoms with Crippen LogP contribution in [-0.4, -0.2) is 29.3 Å². The molecule has 1 fully saturated rings. The van der Waals surface area contributed by atoms with Crippen molar-refractivity contribution < 1.29 is 9.59 Å². The first kappa shape index (κ1) is 16.0. The van der Waals surface area contributed by atoms with Gasteiger partial charge in [0.1, 0.15) is 12.5 Å². The predicted octanol–water partition coefficient (Wildman–Crippen LogP) is 2.93. The van der Waals surface area contributed by atoms with E-state index in [-0.39, 0.29) is 18.2 Å². The highest BCUT2D eigenvalue weighted by Crippen LogP contribution is 2.25. The molecule has 5 nitrogen and oxygen atoms in total. The quantitative estimate of drug-likeness (QED) is 0.883. The number of amides is 2. The number of carbonyl (C=O) groups excluding carboxylic acids is 2. The van der Waals surface area contributed by atoms with Crippen LogP contribution in [0.15, 0.2) is 42.5 Å². The second-order valence-corrected chi connectivity index (χ2v) is 6.28. The minimum Gasteiger partial charge on any atom is -0.326 e. The zero-order valence-corrected chi connectivity index (χ0v) is 13.5. The van der Waals surface area contributed by atoms with E-state index in [0.717, 1.165) is 10.8 Å². The highest BCUT2D eigenvalue weighted by molar-refractivity contribution is 6.08. The van der Waals surface area contributed by atoms with Crippen LogP contribution >= 0.6 is 0 Å². The molecule has 1 N–H and O–H groups in total. The Labute approximate surface area is 140 Å². The first-order valence-corrected chi connectivity index (χ1v) is 8.05. The lowest BCUT2D eigenvalue weighted by Gasteiger charge is -2.19.